The molecular formula is C12H16FN. The summed E-state index contributed by atoms with van der Waals surface area (Å²) >= 11 is 0. The van der Waals surface area contributed by atoms with Crippen LogP contribution in [0.1, 0.15) is 25.3 Å². The summed E-state index contributed by atoms with van der Waals surface area (Å²) in [5, 5.41) is 3.28. The zero-order valence-corrected chi connectivity index (χ0v) is 8.52. The van der Waals surface area contributed by atoms with E-state index < -0.39 is 0 Å². The first-order valence-corrected chi connectivity index (χ1v) is 5.24. The minimum Gasteiger partial charge on any atom is -0.315 e. The van der Waals surface area contributed by atoms with Crippen LogP contribution in [-0.2, 0) is 5.41 Å². The lowest BCUT2D eigenvalue weighted by Crippen LogP contribution is -2.56. The van der Waals surface area contributed by atoms with E-state index in [1.165, 1.54) is 6.07 Å². The Balaban J connectivity index is 2.27. The predicted octanol–water partition coefficient (Wildman–Crippen LogP) is 2.47. The van der Waals surface area contributed by atoms with E-state index in [0.29, 0.717) is 0 Å². The molecule has 2 heteroatoms. The largest absolute Gasteiger partial charge is 0.315 e. The van der Waals surface area contributed by atoms with Crippen molar-refractivity contribution in [3.63, 3.8) is 0 Å². The first-order chi connectivity index (χ1) is 6.77. The molecule has 0 amide bonds. The molecular weight excluding hydrogens is 177 g/mol. The molecule has 1 nitrogen and oxygen atoms in total. The smallest absolute Gasteiger partial charge is 0.123 e. The minimum absolute atomic E-state index is 0.120. The molecule has 1 heterocycles. The number of hydrogen-bond donors (Lipinski definition) is 1. The van der Waals surface area contributed by atoms with E-state index in [4.69, 9.17) is 0 Å². The molecule has 1 N–H and O–H groups in total. The van der Waals surface area contributed by atoms with Gasteiger partial charge in [0.05, 0.1) is 0 Å². The monoisotopic (exact) mass is 193 g/mol. The lowest BCUT2D eigenvalue weighted by molar-refractivity contribution is 0.255. The predicted molar refractivity (Wildman–Crippen MR) is 55.9 cm³/mol. The van der Waals surface area contributed by atoms with Crippen molar-refractivity contribution < 1.29 is 4.39 Å². The second-order valence-electron chi connectivity index (χ2n) is 4.14. The second-order valence-corrected chi connectivity index (χ2v) is 4.14. The van der Waals surface area contributed by atoms with Crippen molar-refractivity contribution in [3.8, 4) is 0 Å². The van der Waals surface area contributed by atoms with Crippen LogP contribution >= 0.6 is 0 Å². The lowest BCUT2D eigenvalue weighted by Gasteiger charge is -2.43. The average Bonchev–Trinajstić information content (AvgIpc) is 2.11. The van der Waals surface area contributed by atoms with E-state index >= 15 is 0 Å². The molecule has 0 unspecified atom stereocenters. The number of hydrogen-bond acceptors (Lipinski definition) is 1. The van der Waals surface area contributed by atoms with E-state index in [-0.39, 0.29) is 11.2 Å². The Morgan fingerprint density at radius 2 is 2.21 bits per heavy atom. The van der Waals surface area contributed by atoms with Crippen LogP contribution in [0, 0.1) is 5.82 Å². The van der Waals surface area contributed by atoms with Gasteiger partial charge < -0.3 is 5.32 Å². The number of benzene rings is 1. The normalized spacial score (nSPS) is 19.0. The van der Waals surface area contributed by atoms with Crippen LogP contribution in [0.4, 0.5) is 4.39 Å². The van der Waals surface area contributed by atoms with Gasteiger partial charge in [-0.2, -0.15) is 0 Å². The molecule has 0 saturated carbocycles. The van der Waals surface area contributed by atoms with Gasteiger partial charge in [0.15, 0.2) is 0 Å². The molecule has 1 aromatic carbocycles. The van der Waals surface area contributed by atoms with E-state index in [9.17, 15) is 4.39 Å². The standard InChI is InChI=1S/C12H16FN/c1-2-6-12(8-14-9-12)10-4-3-5-11(13)7-10/h3-5,7,14H,2,6,8-9H2,1H3. The molecule has 0 aromatic heterocycles. The molecule has 1 aliphatic rings. The minimum atomic E-state index is -0.120. The van der Waals surface area contributed by atoms with Crippen molar-refractivity contribution in [2.24, 2.45) is 0 Å². The first-order valence-electron chi connectivity index (χ1n) is 5.24. The van der Waals surface area contributed by atoms with Crippen LogP contribution < -0.4 is 5.32 Å². The highest BCUT2D eigenvalue weighted by Crippen LogP contribution is 2.33. The van der Waals surface area contributed by atoms with Crippen molar-refractivity contribution in [2.75, 3.05) is 13.1 Å². The third kappa shape index (κ3) is 1.55. The highest BCUT2D eigenvalue weighted by molar-refractivity contribution is 5.30. The average molecular weight is 193 g/mol. The Kier molecular flexibility index (Phi) is 2.55. The fourth-order valence-corrected chi connectivity index (χ4v) is 2.25. The van der Waals surface area contributed by atoms with Crippen LogP contribution in [0.3, 0.4) is 0 Å². The number of nitrogens with one attached hydrogen (secondary N) is 1. The zero-order valence-electron chi connectivity index (χ0n) is 8.52. The quantitative estimate of drug-likeness (QED) is 0.777. The molecule has 0 aliphatic carbocycles. The molecule has 0 radical (unpaired) electrons. The molecule has 0 atom stereocenters. The maximum atomic E-state index is 13.1. The van der Waals surface area contributed by atoms with Crippen molar-refractivity contribution in [1.82, 2.24) is 5.32 Å². The summed E-state index contributed by atoms with van der Waals surface area (Å²) in [6.07, 6.45) is 2.29. The topological polar surface area (TPSA) is 12.0 Å². The zero-order chi connectivity index (χ0) is 10.0. The Morgan fingerprint density at radius 1 is 1.43 bits per heavy atom. The fourth-order valence-electron chi connectivity index (χ4n) is 2.25. The van der Waals surface area contributed by atoms with Crippen molar-refractivity contribution >= 4 is 0 Å². The number of rotatable bonds is 3. The van der Waals surface area contributed by atoms with E-state index in [1.807, 2.05) is 6.07 Å². The molecule has 14 heavy (non-hydrogen) atoms. The van der Waals surface area contributed by atoms with Gasteiger partial charge in [-0.25, -0.2) is 4.39 Å². The molecule has 0 spiro atoms. The third-order valence-corrected chi connectivity index (χ3v) is 3.09. The van der Waals surface area contributed by atoms with Gasteiger partial charge in [-0.3, -0.25) is 0 Å². The van der Waals surface area contributed by atoms with E-state index in [0.717, 1.165) is 31.5 Å². The van der Waals surface area contributed by atoms with Crippen molar-refractivity contribution in [3.05, 3.63) is 35.6 Å². The molecule has 1 aliphatic heterocycles. The van der Waals surface area contributed by atoms with Gasteiger partial charge in [0.25, 0.3) is 0 Å². The molecule has 2 rings (SSSR count). The van der Waals surface area contributed by atoms with Gasteiger partial charge in [-0.15, -0.1) is 0 Å². The summed E-state index contributed by atoms with van der Waals surface area (Å²) in [6.45, 7) is 4.16. The Labute approximate surface area is 84.3 Å². The molecule has 0 bridgehead atoms. The van der Waals surface area contributed by atoms with Gasteiger partial charge in [-0.05, 0) is 24.1 Å². The Hall–Kier alpha value is -0.890. The second kappa shape index (κ2) is 3.70. The summed E-state index contributed by atoms with van der Waals surface area (Å²) in [5.41, 5.74) is 1.36. The summed E-state index contributed by atoms with van der Waals surface area (Å²) in [4.78, 5) is 0. The van der Waals surface area contributed by atoms with E-state index in [2.05, 4.69) is 12.2 Å². The number of halogens is 1. The first kappa shape index (κ1) is 9.66. The summed E-state index contributed by atoms with van der Waals surface area (Å²) in [7, 11) is 0. The summed E-state index contributed by atoms with van der Waals surface area (Å²) in [6, 6.07) is 7.03. The fraction of sp³-hybridized carbons (Fsp3) is 0.500. The SMILES string of the molecule is CCCC1(c2cccc(F)c2)CNC1. The van der Waals surface area contributed by atoms with Crippen LogP contribution in [-0.4, -0.2) is 13.1 Å². The van der Waals surface area contributed by atoms with Crippen molar-refractivity contribution in [1.29, 1.82) is 0 Å². The Bertz CT molecular complexity index is 318. The molecule has 1 fully saturated rings. The molecule has 1 aromatic rings. The highest BCUT2D eigenvalue weighted by Gasteiger charge is 2.37. The molecule has 1 saturated heterocycles. The van der Waals surface area contributed by atoms with Gasteiger partial charge in [0.1, 0.15) is 5.82 Å². The Morgan fingerprint density at radius 3 is 2.71 bits per heavy atom. The lowest BCUT2D eigenvalue weighted by atomic mass is 9.72. The van der Waals surface area contributed by atoms with Gasteiger partial charge in [0, 0.05) is 18.5 Å². The summed E-state index contributed by atoms with van der Waals surface area (Å²) in [5.74, 6) is -0.120. The van der Waals surface area contributed by atoms with Gasteiger partial charge in [-0.1, -0.05) is 25.5 Å². The van der Waals surface area contributed by atoms with Crippen LogP contribution in [0.25, 0.3) is 0 Å². The van der Waals surface area contributed by atoms with Crippen LogP contribution in [0.2, 0.25) is 0 Å². The van der Waals surface area contributed by atoms with Gasteiger partial charge in [0.2, 0.25) is 0 Å². The maximum Gasteiger partial charge on any atom is 0.123 e. The molecule has 76 valence electrons. The van der Waals surface area contributed by atoms with Crippen molar-refractivity contribution in [2.45, 2.75) is 25.2 Å². The third-order valence-electron chi connectivity index (χ3n) is 3.09. The highest BCUT2D eigenvalue weighted by atomic mass is 19.1. The summed E-state index contributed by atoms with van der Waals surface area (Å²) < 4.78 is 13.1. The van der Waals surface area contributed by atoms with E-state index in [1.54, 1.807) is 12.1 Å². The maximum absolute atomic E-state index is 13.1. The van der Waals surface area contributed by atoms with Gasteiger partial charge >= 0.3 is 0 Å². The van der Waals surface area contributed by atoms with Crippen LogP contribution in [0.5, 0.6) is 0 Å². The van der Waals surface area contributed by atoms with Crippen LogP contribution in [0.15, 0.2) is 24.3 Å².